The molecule has 0 saturated carbocycles. The Balaban J connectivity index is 2.36. The number of benzene rings is 1. The number of hydrogen-bond donors (Lipinski definition) is 1. The van der Waals surface area contributed by atoms with Crippen molar-refractivity contribution in [3.05, 3.63) is 47.1 Å². The molecule has 2 aromatic rings. The van der Waals surface area contributed by atoms with E-state index < -0.39 is 6.10 Å². The molecule has 0 aliphatic heterocycles. The van der Waals surface area contributed by atoms with Crippen molar-refractivity contribution in [3.8, 4) is 5.75 Å². The molecule has 0 saturated heterocycles. The van der Waals surface area contributed by atoms with Gasteiger partial charge in [-0.25, -0.2) is 4.98 Å². The molecule has 0 aliphatic rings. The largest absolute Gasteiger partial charge is 0.496 e. The maximum Gasteiger partial charge on any atom is 0.125 e. The Morgan fingerprint density at radius 3 is 2.68 bits per heavy atom. The van der Waals surface area contributed by atoms with Crippen molar-refractivity contribution in [1.82, 2.24) is 4.98 Å². The molecule has 1 unspecified atom stereocenters. The number of methoxy groups -OCH3 is 1. The third-order valence-corrected chi connectivity index (χ3v) is 3.83. The van der Waals surface area contributed by atoms with Gasteiger partial charge in [-0.1, -0.05) is 29.4 Å². The van der Waals surface area contributed by atoms with E-state index in [1.807, 2.05) is 24.3 Å². The van der Waals surface area contributed by atoms with Crippen LogP contribution in [0.25, 0.3) is 0 Å². The number of halogens is 1. The smallest absolute Gasteiger partial charge is 0.125 e. The molecule has 1 N–H and O–H groups in total. The minimum absolute atomic E-state index is 0.603. The fourth-order valence-electron chi connectivity index (χ4n) is 1.74. The Morgan fingerprint density at radius 2 is 2.11 bits per heavy atom. The van der Waals surface area contributed by atoms with Crippen LogP contribution in [0.3, 0.4) is 0 Å². The summed E-state index contributed by atoms with van der Waals surface area (Å²) in [6.45, 7) is 1.72. The van der Waals surface area contributed by atoms with Gasteiger partial charge in [0.05, 0.1) is 18.2 Å². The Kier molecular flexibility index (Phi) is 4.69. The number of hydrogen-bond acceptors (Lipinski definition) is 4. The zero-order chi connectivity index (χ0) is 13.8. The first-order chi connectivity index (χ1) is 9.11. The normalized spacial score (nSPS) is 12.2. The summed E-state index contributed by atoms with van der Waals surface area (Å²) < 4.78 is 5.29. The lowest BCUT2D eigenvalue weighted by Crippen LogP contribution is -1.99. The molecule has 0 radical (unpaired) electrons. The first kappa shape index (κ1) is 14.2. The fourth-order valence-corrected chi connectivity index (χ4v) is 2.84. The maximum absolute atomic E-state index is 9.90. The highest BCUT2D eigenvalue weighted by Crippen LogP contribution is 2.37. The van der Waals surface area contributed by atoms with Crippen LogP contribution in [0.4, 0.5) is 0 Å². The van der Waals surface area contributed by atoms with Crippen LogP contribution >= 0.6 is 23.4 Å². The van der Waals surface area contributed by atoms with Crippen molar-refractivity contribution in [1.29, 1.82) is 0 Å². The summed E-state index contributed by atoms with van der Waals surface area (Å²) in [6, 6.07) is 9.30. The predicted octanol–water partition coefficient (Wildman–Crippen LogP) is 3.95. The number of aliphatic hydroxyl groups is 1. The van der Waals surface area contributed by atoms with Gasteiger partial charge in [-0.05, 0) is 31.2 Å². The molecule has 1 aromatic carbocycles. The van der Waals surface area contributed by atoms with Crippen LogP contribution in [0.5, 0.6) is 5.75 Å². The second-order valence-corrected chi connectivity index (χ2v) is 5.46. The summed E-state index contributed by atoms with van der Waals surface area (Å²) in [5.74, 6) is 0.675. The predicted molar refractivity (Wildman–Crippen MR) is 77.0 cm³/mol. The number of ether oxygens (including phenoxy) is 1. The van der Waals surface area contributed by atoms with Gasteiger partial charge in [0.15, 0.2) is 0 Å². The third kappa shape index (κ3) is 3.41. The van der Waals surface area contributed by atoms with Crippen LogP contribution in [-0.4, -0.2) is 17.2 Å². The van der Waals surface area contributed by atoms with E-state index in [1.165, 1.54) is 11.8 Å². The summed E-state index contributed by atoms with van der Waals surface area (Å²) in [4.78, 5) is 5.16. The quantitative estimate of drug-likeness (QED) is 0.927. The Bertz CT molecular complexity index is 558. The topological polar surface area (TPSA) is 42.4 Å². The van der Waals surface area contributed by atoms with Crippen molar-refractivity contribution in [3.63, 3.8) is 0 Å². The van der Waals surface area contributed by atoms with E-state index in [-0.39, 0.29) is 0 Å². The van der Waals surface area contributed by atoms with Crippen molar-refractivity contribution in [2.24, 2.45) is 0 Å². The van der Waals surface area contributed by atoms with Crippen molar-refractivity contribution < 1.29 is 9.84 Å². The summed E-state index contributed by atoms with van der Waals surface area (Å²) >= 11 is 7.28. The van der Waals surface area contributed by atoms with Gasteiger partial charge in [0.1, 0.15) is 10.8 Å². The molecule has 0 bridgehead atoms. The first-order valence-electron chi connectivity index (χ1n) is 5.76. The number of aromatic nitrogens is 1. The van der Waals surface area contributed by atoms with E-state index in [4.69, 9.17) is 16.3 Å². The zero-order valence-electron chi connectivity index (χ0n) is 10.6. The molecule has 19 heavy (non-hydrogen) atoms. The zero-order valence-corrected chi connectivity index (χ0v) is 12.2. The molecule has 2 rings (SSSR count). The Labute approximate surface area is 121 Å². The average molecular weight is 296 g/mol. The summed E-state index contributed by atoms with van der Waals surface area (Å²) in [5.41, 5.74) is 0.770. The molecule has 1 heterocycles. The molecular formula is C14H14ClNO2S. The van der Waals surface area contributed by atoms with Gasteiger partial charge in [0, 0.05) is 16.7 Å². The van der Waals surface area contributed by atoms with E-state index in [0.29, 0.717) is 10.8 Å². The molecule has 0 spiro atoms. The minimum Gasteiger partial charge on any atom is -0.496 e. The number of aliphatic hydroxyl groups excluding tert-OH is 1. The van der Waals surface area contributed by atoms with Crippen molar-refractivity contribution in [2.45, 2.75) is 22.9 Å². The molecular weight excluding hydrogens is 282 g/mol. The standard InChI is InChI=1S/C14H14ClNO2S/c1-9(17)14-11(18-2)4-3-5-12(14)19-13-7-6-10(15)8-16-13/h3-9,17H,1-2H3. The monoisotopic (exact) mass is 295 g/mol. The third-order valence-electron chi connectivity index (χ3n) is 2.58. The maximum atomic E-state index is 9.90. The molecule has 0 aliphatic carbocycles. The summed E-state index contributed by atoms with van der Waals surface area (Å²) in [7, 11) is 1.59. The van der Waals surface area contributed by atoms with E-state index in [1.54, 1.807) is 26.3 Å². The lowest BCUT2D eigenvalue weighted by atomic mass is 10.1. The Hall–Kier alpha value is -1.23. The van der Waals surface area contributed by atoms with Gasteiger partial charge >= 0.3 is 0 Å². The second kappa shape index (κ2) is 6.28. The summed E-state index contributed by atoms with van der Waals surface area (Å²) in [6.07, 6.45) is 0.998. The minimum atomic E-state index is -0.606. The summed E-state index contributed by atoms with van der Waals surface area (Å²) in [5, 5.41) is 11.3. The van der Waals surface area contributed by atoms with Crippen LogP contribution < -0.4 is 4.74 Å². The van der Waals surface area contributed by atoms with Gasteiger partial charge in [-0.3, -0.25) is 0 Å². The van der Waals surface area contributed by atoms with Gasteiger partial charge in [-0.2, -0.15) is 0 Å². The van der Waals surface area contributed by atoms with Crippen LogP contribution in [0.1, 0.15) is 18.6 Å². The number of rotatable bonds is 4. The highest BCUT2D eigenvalue weighted by molar-refractivity contribution is 7.99. The molecule has 5 heteroatoms. The molecule has 0 amide bonds. The van der Waals surface area contributed by atoms with E-state index in [9.17, 15) is 5.11 Å². The van der Waals surface area contributed by atoms with Crippen LogP contribution in [0, 0.1) is 0 Å². The SMILES string of the molecule is COc1cccc(Sc2ccc(Cl)cn2)c1C(C)O. The Morgan fingerprint density at radius 1 is 1.32 bits per heavy atom. The molecule has 3 nitrogen and oxygen atoms in total. The van der Waals surface area contributed by atoms with Gasteiger partial charge in [-0.15, -0.1) is 0 Å². The molecule has 1 aromatic heterocycles. The molecule has 100 valence electrons. The van der Waals surface area contributed by atoms with E-state index >= 15 is 0 Å². The van der Waals surface area contributed by atoms with Crippen molar-refractivity contribution in [2.75, 3.05) is 7.11 Å². The van der Waals surface area contributed by atoms with E-state index in [2.05, 4.69) is 4.98 Å². The van der Waals surface area contributed by atoms with Gasteiger partial charge < -0.3 is 9.84 Å². The lowest BCUT2D eigenvalue weighted by Gasteiger charge is -2.15. The first-order valence-corrected chi connectivity index (χ1v) is 6.95. The van der Waals surface area contributed by atoms with Crippen LogP contribution in [0.2, 0.25) is 5.02 Å². The van der Waals surface area contributed by atoms with Gasteiger partial charge in [0.2, 0.25) is 0 Å². The van der Waals surface area contributed by atoms with E-state index in [0.717, 1.165) is 15.5 Å². The number of nitrogens with zero attached hydrogens (tertiary/aromatic N) is 1. The van der Waals surface area contributed by atoms with Crippen LogP contribution in [-0.2, 0) is 0 Å². The molecule has 1 atom stereocenters. The second-order valence-electron chi connectivity index (χ2n) is 3.96. The number of pyridine rings is 1. The highest BCUT2D eigenvalue weighted by Gasteiger charge is 2.15. The van der Waals surface area contributed by atoms with Crippen LogP contribution in [0.15, 0.2) is 46.5 Å². The van der Waals surface area contributed by atoms with Gasteiger partial charge in [0.25, 0.3) is 0 Å². The fraction of sp³-hybridized carbons (Fsp3) is 0.214. The molecule has 0 fully saturated rings. The lowest BCUT2D eigenvalue weighted by molar-refractivity contribution is 0.191. The highest BCUT2D eigenvalue weighted by atomic mass is 35.5. The van der Waals surface area contributed by atoms with Crippen molar-refractivity contribution >= 4 is 23.4 Å². The average Bonchev–Trinajstić information content (AvgIpc) is 2.40.